The number of hydrogen-bond donors (Lipinski definition) is 1. The lowest BCUT2D eigenvalue weighted by atomic mass is 10.1. The lowest BCUT2D eigenvalue weighted by Gasteiger charge is -2.02. The van der Waals surface area contributed by atoms with Crippen LogP contribution in [-0.4, -0.2) is 39.3 Å². The van der Waals surface area contributed by atoms with Crippen LogP contribution in [0.15, 0.2) is 34.9 Å². The van der Waals surface area contributed by atoms with Crippen LogP contribution < -0.4 is 0 Å². The molecule has 1 N–H and O–H groups in total. The van der Waals surface area contributed by atoms with Gasteiger partial charge < -0.3 is 14.3 Å². The first kappa shape index (κ1) is 14.0. The topological polar surface area (TPSA) is 90.4 Å². The van der Waals surface area contributed by atoms with Gasteiger partial charge in [0.1, 0.15) is 5.58 Å². The van der Waals surface area contributed by atoms with Gasteiger partial charge in [0.2, 0.25) is 5.76 Å². The van der Waals surface area contributed by atoms with E-state index in [0.29, 0.717) is 24.7 Å². The van der Waals surface area contributed by atoms with Crippen molar-refractivity contribution < 1.29 is 19.1 Å². The Morgan fingerprint density at radius 1 is 1.39 bits per heavy atom. The van der Waals surface area contributed by atoms with Gasteiger partial charge in [0.05, 0.1) is 18.8 Å². The molecule has 2 aromatic heterocycles. The van der Waals surface area contributed by atoms with Crippen molar-refractivity contribution in [2.75, 3.05) is 13.2 Å². The predicted octanol–water partition coefficient (Wildman–Crippen LogP) is 2.27. The Bertz CT molecular complexity index is 861. The molecule has 0 radical (unpaired) electrons. The molecular formula is C16H15N3O4. The number of hydrogen-bond acceptors (Lipinski definition) is 5. The highest BCUT2D eigenvalue weighted by Crippen LogP contribution is 2.24. The molecule has 0 aliphatic carbocycles. The van der Waals surface area contributed by atoms with E-state index in [1.54, 1.807) is 10.7 Å². The van der Waals surface area contributed by atoms with Crippen molar-refractivity contribution in [1.29, 1.82) is 0 Å². The number of fused-ring (bicyclic) bond motifs is 1. The fraction of sp³-hybridized carbons (Fsp3) is 0.312. The highest BCUT2D eigenvalue weighted by Gasteiger charge is 2.20. The predicted molar refractivity (Wildman–Crippen MR) is 80.5 cm³/mol. The van der Waals surface area contributed by atoms with E-state index in [0.717, 1.165) is 29.7 Å². The van der Waals surface area contributed by atoms with Gasteiger partial charge >= 0.3 is 5.97 Å². The van der Waals surface area contributed by atoms with Crippen molar-refractivity contribution in [3.63, 3.8) is 0 Å². The van der Waals surface area contributed by atoms with E-state index in [1.807, 2.05) is 18.3 Å². The number of rotatable bonds is 4. The average molecular weight is 313 g/mol. The second-order valence-electron chi connectivity index (χ2n) is 5.69. The number of furan rings is 1. The zero-order valence-electron chi connectivity index (χ0n) is 12.3. The Morgan fingerprint density at radius 2 is 2.30 bits per heavy atom. The summed E-state index contributed by atoms with van der Waals surface area (Å²) in [5.41, 5.74) is 2.53. The van der Waals surface area contributed by atoms with Gasteiger partial charge in [0.25, 0.3) is 0 Å². The minimum absolute atomic E-state index is 0.0542. The molecule has 1 aliphatic rings. The summed E-state index contributed by atoms with van der Waals surface area (Å²) >= 11 is 0. The molecule has 1 aliphatic heterocycles. The SMILES string of the molecule is O=C(O)c1cc2cc(Cn3cc(C4CCOC4)nn3)ccc2o1. The molecule has 1 fully saturated rings. The van der Waals surface area contributed by atoms with E-state index in [4.69, 9.17) is 14.3 Å². The summed E-state index contributed by atoms with van der Waals surface area (Å²) in [5, 5.41) is 18.1. The number of benzene rings is 1. The summed E-state index contributed by atoms with van der Waals surface area (Å²) in [6.07, 6.45) is 2.93. The molecule has 4 rings (SSSR count). The summed E-state index contributed by atoms with van der Waals surface area (Å²) in [6, 6.07) is 7.12. The minimum Gasteiger partial charge on any atom is -0.475 e. The van der Waals surface area contributed by atoms with Crippen LogP contribution in [0.2, 0.25) is 0 Å². The number of carbonyl (C=O) groups is 1. The molecule has 3 aromatic rings. The number of carboxylic acids is 1. The fourth-order valence-corrected chi connectivity index (χ4v) is 2.83. The van der Waals surface area contributed by atoms with Crippen LogP contribution in [0.4, 0.5) is 0 Å². The van der Waals surface area contributed by atoms with Crippen molar-refractivity contribution in [2.45, 2.75) is 18.9 Å². The summed E-state index contributed by atoms with van der Waals surface area (Å²) < 4.78 is 12.4. The van der Waals surface area contributed by atoms with Crippen LogP contribution in [0, 0.1) is 0 Å². The quantitative estimate of drug-likeness (QED) is 0.794. The Morgan fingerprint density at radius 3 is 3.09 bits per heavy atom. The van der Waals surface area contributed by atoms with Gasteiger partial charge in [-0.25, -0.2) is 9.48 Å². The molecule has 1 atom stereocenters. The van der Waals surface area contributed by atoms with Gasteiger partial charge in [-0.05, 0) is 30.2 Å². The smallest absolute Gasteiger partial charge is 0.371 e. The van der Waals surface area contributed by atoms with E-state index in [9.17, 15) is 4.79 Å². The molecule has 1 aromatic carbocycles. The van der Waals surface area contributed by atoms with Crippen LogP contribution in [-0.2, 0) is 11.3 Å². The fourth-order valence-electron chi connectivity index (χ4n) is 2.83. The molecule has 7 nitrogen and oxygen atoms in total. The van der Waals surface area contributed by atoms with Crippen LogP contribution in [0.5, 0.6) is 0 Å². The number of aromatic nitrogens is 3. The highest BCUT2D eigenvalue weighted by atomic mass is 16.5. The highest BCUT2D eigenvalue weighted by molar-refractivity contribution is 5.91. The molecule has 0 saturated carbocycles. The molecule has 1 saturated heterocycles. The lowest BCUT2D eigenvalue weighted by Crippen LogP contribution is -2.00. The molecule has 0 bridgehead atoms. The maximum Gasteiger partial charge on any atom is 0.371 e. The third kappa shape index (κ3) is 2.70. The lowest BCUT2D eigenvalue weighted by molar-refractivity contribution is 0.0665. The monoisotopic (exact) mass is 313 g/mol. The van der Waals surface area contributed by atoms with Gasteiger partial charge in [0, 0.05) is 24.1 Å². The van der Waals surface area contributed by atoms with Crippen LogP contribution in [0.1, 0.15) is 34.2 Å². The van der Waals surface area contributed by atoms with Gasteiger partial charge in [-0.15, -0.1) is 5.10 Å². The van der Waals surface area contributed by atoms with Crippen molar-refractivity contribution >= 4 is 16.9 Å². The Labute approximate surface area is 131 Å². The van der Waals surface area contributed by atoms with Gasteiger partial charge in [-0.2, -0.15) is 0 Å². The molecule has 118 valence electrons. The summed E-state index contributed by atoms with van der Waals surface area (Å²) in [4.78, 5) is 10.9. The van der Waals surface area contributed by atoms with Crippen molar-refractivity contribution in [1.82, 2.24) is 15.0 Å². The first-order valence-electron chi connectivity index (χ1n) is 7.42. The number of aromatic carboxylic acids is 1. The normalized spacial score (nSPS) is 17.8. The Kier molecular flexibility index (Phi) is 3.34. The van der Waals surface area contributed by atoms with E-state index >= 15 is 0 Å². The molecule has 1 unspecified atom stereocenters. The number of ether oxygens (including phenoxy) is 1. The summed E-state index contributed by atoms with van der Waals surface area (Å²) in [6.45, 7) is 2.06. The van der Waals surface area contributed by atoms with Crippen molar-refractivity contribution in [3.8, 4) is 0 Å². The van der Waals surface area contributed by atoms with Crippen molar-refractivity contribution in [3.05, 3.63) is 47.5 Å². The molecule has 0 amide bonds. The van der Waals surface area contributed by atoms with Crippen LogP contribution >= 0.6 is 0 Å². The number of nitrogens with zero attached hydrogens (tertiary/aromatic N) is 3. The summed E-state index contributed by atoms with van der Waals surface area (Å²) in [7, 11) is 0. The molecule has 0 spiro atoms. The van der Waals surface area contributed by atoms with E-state index < -0.39 is 5.97 Å². The molecule has 7 heteroatoms. The average Bonchev–Trinajstić information content (AvgIpc) is 3.26. The second kappa shape index (κ2) is 5.51. The summed E-state index contributed by atoms with van der Waals surface area (Å²) in [5.74, 6) is -0.790. The van der Waals surface area contributed by atoms with E-state index in [1.165, 1.54) is 6.07 Å². The Balaban J connectivity index is 1.56. The standard InChI is InChI=1S/C16H15N3O4/c20-16(21)15-6-12-5-10(1-2-14(12)23-15)7-19-8-13(17-18-19)11-3-4-22-9-11/h1-2,5-6,8,11H,3-4,7,9H2,(H,20,21). The van der Waals surface area contributed by atoms with Crippen molar-refractivity contribution in [2.24, 2.45) is 0 Å². The first-order chi connectivity index (χ1) is 11.2. The maximum absolute atomic E-state index is 10.9. The van der Waals surface area contributed by atoms with Gasteiger partial charge in [-0.1, -0.05) is 11.3 Å². The first-order valence-corrected chi connectivity index (χ1v) is 7.42. The molecule has 23 heavy (non-hydrogen) atoms. The minimum atomic E-state index is -1.07. The maximum atomic E-state index is 10.9. The third-order valence-electron chi connectivity index (χ3n) is 4.04. The largest absolute Gasteiger partial charge is 0.475 e. The van der Waals surface area contributed by atoms with Gasteiger partial charge in [0.15, 0.2) is 0 Å². The van der Waals surface area contributed by atoms with E-state index in [-0.39, 0.29) is 5.76 Å². The Hall–Kier alpha value is -2.67. The van der Waals surface area contributed by atoms with Crippen LogP contribution in [0.3, 0.4) is 0 Å². The third-order valence-corrected chi connectivity index (χ3v) is 4.04. The van der Waals surface area contributed by atoms with Crippen LogP contribution in [0.25, 0.3) is 11.0 Å². The zero-order chi connectivity index (χ0) is 15.8. The van der Waals surface area contributed by atoms with Gasteiger partial charge in [-0.3, -0.25) is 0 Å². The zero-order valence-corrected chi connectivity index (χ0v) is 12.3. The number of carboxylic acid groups (broad SMARTS) is 1. The second-order valence-corrected chi connectivity index (χ2v) is 5.69. The van der Waals surface area contributed by atoms with E-state index in [2.05, 4.69) is 10.3 Å². The molecular weight excluding hydrogens is 298 g/mol. The molecule has 3 heterocycles.